The van der Waals surface area contributed by atoms with E-state index in [0.717, 1.165) is 24.0 Å². The van der Waals surface area contributed by atoms with Crippen LogP contribution in [-0.2, 0) is 4.79 Å². The van der Waals surface area contributed by atoms with Gasteiger partial charge in [0.2, 0.25) is 0 Å². The average Bonchev–Trinajstić information content (AvgIpc) is 3.33. The molecular formula is C31H24O. The summed E-state index contributed by atoms with van der Waals surface area (Å²) in [4.78, 5) is 12.8. The van der Waals surface area contributed by atoms with Gasteiger partial charge in [0.05, 0.1) is 0 Å². The van der Waals surface area contributed by atoms with Gasteiger partial charge < -0.3 is 0 Å². The number of fused-ring (bicyclic) bond motifs is 2. The Kier molecular flexibility index (Phi) is 5.63. The van der Waals surface area contributed by atoms with Crippen LogP contribution in [0.15, 0.2) is 120 Å². The number of carbonyl (C=O) groups excluding carboxylic acids is 1. The second-order valence-corrected chi connectivity index (χ2v) is 8.07. The first kappa shape index (κ1) is 20.0. The van der Waals surface area contributed by atoms with Gasteiger partial charge in [0.25, 0.3) is 0 Å². The molecule has 0 unspecified atom stereocenters. The Morgan fingerprint density at radius 1 is 0.531 bits per heavy atom. The topological polar surface area (TPSA) is 17.1 Å². The molecule has 1 heteroatoms. The van der Waals surface area contributed by atoms with Crippen molar-refractivity contribution in [2.45, 2.75) is 12.8 Å². The first-order chi connectivity index (χ1) is 15.8. The molecule has 154 valence electrons. The molecule has 1 nitrogen and oxygen atoms in total. The van der Waals surface area contributed by atoms with E-state index in [1.165, 1.54) is 33.4 Å². The summed E-state index contributed by atoms with van der Waals surface area (Å²) in [6.45, 7) is 0. The SMILES string of the molecule is O=C1/C(=C\C=C\c2ccc3cccccc2-3)CC/C1=C\C=C\c1ccc2cccccc1-2. The Labute approximate surface area is 189 Å². The summed E-state index contributed by atoms with van der Waals surface area (Å²) in [5.74, 6) is 0.164. The molecule has 1 fully saturated rings. The lowest BCUT2D eigenvalue weighted by atomic mass is 10.1. The number of hydrogen-bond acceptors (Lipinski definition) is 1. The van der Waals surface area contributed by atoms with E-state index in [-0.39, 0.29) is 5.78 Å². The minimum atomic E-state index is 0.164. The fourth-order valence-corrected chi connectivity index (χ4v) is 4.32. The maximum absolute atomic E-state index is 12.8. The van der Waals surface area contributed by atoms with Gasteiger partial charge in [-0.25, -0.2) is 0 Å². The molecular weight excluding hydrogens is 388 g/mol. The van der Waals surface area contributed by atoms with E-state index in [2.05, 4.69) is 84.9 Å². The standard InChI is InChI=1S/C31H24O/c32-31-27(13-7-11-25-19-17-23-9-3-1-5-15-29(23)25)21-22-28(31)14-8-12-26-20-18-24-10-4-2-6-16-30(24)26/h1-20H,21-22H2/b11-7+,12-8+,27-13-,28-14+. The van der Waals surface area contributed by atoms with E-state index < -0.39 is 0 Å². The quantitative estimate of drug-likeness (QED) is 0.312. The van der Waals surface area contributed by atoms with Crippen LogP contribution in [0.4, 0.5) is 0 Å². The number of allylic oxidation sites excluding steroid dienone is 6. The monoisotopic (exact) mass is 412 g/mol. The normalized spacial score (nSPS) is 17.1. The summed E-state index contributed by atoms with van der Waals surface area (Å²) < 4.78 is 0. The van der Waals surface area contributed by atoms with Gasteiger partial charge in [-0.15, -0.1) is 0 Å². The molecule has 32 heavy (non-hydrogen) atoms. The molecule has 0 atom stereocenters. The minimum absolute atomic E-state index is 0.164. The predicted octanol–water partition coefficient (Wildman–Crippen LogP) is 7.84. The molecule has 0 amide bonds. The number of carbonyl (C=O) groups is 1. The van der Waals surface area contributed by atoms with E-state index in [1.807, 2.05) is 36.4 Å². The highest BCUT2D eigenvalue weighted by molar-refractivity contribution is 6.11. The van der Waals surface area contributed by atoms with E-state index in [4.69, 9.17) is 0 Å². The molecule has 0 aromatic carbocycles. The molecule has 0 radical (unpaired) electrons. The molecule has 0 spiro atoms. The van der Waals surface area contributed by atoms with Crippen molar-refractivity contribution in [3.8, 4) is 22.3 Å². The van der Waals surface area contributed by atoms with Crippen LogP contribution in [0.25, 0.3) is 34.4 Å². The third kappa shape index (κ3) is 4.10. The maximum atomic E-state index is 12.8. The van der Waals surface area contributed by atoms with Gasteiger partial charge in [-0.2, -0.15) is 0 Å². The summed E-state index contributed by atoms with van der Waals surface area (Å²) in [7, 11) is 0. The van der Waals surface area contributed by atoms with Crippen molar-refractivity contribution < 1.29 is 4.79 Å². The number of Topliss-reactive ketones (excluding diaryl/α,β-unsaturated/α-hetero) is 1. The first-order valence-corrected chi connectivity index (χ1v) is 11.0. The third-order valence-electron chi connectivity index (χ3n) is 6.04. The minimum Gasteiger partial charge on any atom is -0.289 e. The van der Waals surface area contributed by atoms with Crippen LogP contribution < -0.4 is 0 Å². The molecule has 5 aliphatic rings. The Balaban J connectivity index is 1.28. The van der Waals surface area contributed by atoms with E-state index in [9.17, 15) is 4.79 Å². The van der Waals surface area contributed by atoms with Crippen molar-refractivity contribution in [2.24, 2.45) is 0 Å². The number of hydrogen-bond donors (Lipinski definition) is 0. The molecule has 0 aliphatic heterocycles. The van der Waals surface area contributed by atoms with Gasteiger partial charge in [0.15, 0.2) is 5.78 Å². The molecule has 0 aromatic heterocycles. The van der Waals surface area contributed by atoms with Crippen LogP contribution in [0.5, 0.6) is 0 Å². The molecule has 5 rings (SSSR count). The lowest BCUT2D eigenvalue weighted by molar-refractivity contribution is -0.111. The lowest BCUT2D eigenvalue weighted by Gasteiger charge is -1.95. The van der Waals surface area contributed by atoms with Gasteiger partial charge in [-0.3, -0.25) is 4.79 Å². The highest BCUT2D eigenvalue weighted by Crippen LogP contribution is 2.30. The lowest BCUT2D eigenvalue weighted by Crippen LogP contribution is -1.94. The van der Waals surface area contributed by atoms with Crippen molar-refractivity contribution >= 4 is 17.9 Å². The zero-order chi connectivity index (χ0) is 21.8. The van der Waals surface area contributed by atoms with Gasteiger partial charge in [-0.05, 0) is 46.2 Å². The second-order valence-electron chi connectivity index (χ2n) is 8.07. The van der Waals surface area contributed by atoms with Gasteiger partial charge >= 0.3 is 0 Å². The van der Waals surface area contributed by atoms with E-state index in [1.54, 1.807) is 0 Å². The van der Waals surface area contributed by atoms with Crippen LogP contribution >= 0.6 is 0 Å². The number of rotatable bonds is 4. The van der Waals surface area contributed by atoms with Crippen molar-refractivity contribution in [1.29, 1.82) is 0 Å². The Morgan fingerprint density at radius 2 is 1.00 bits per heavy atom. The molecule has 5 aliphatic carbocycles. The van der Waals surface area contributed by atoms with Crippen LogP contribution in [0.2, 0.25) is 0 Å². The summed E-state index contributed by atoms with van der Waals surface area (Å²) >= 11 is 0. The van der Waals surface area contributed by atoms with Crippen molar-refractivity contribution in [2.75, 3.05) is 0 Å². The molecule has 0 saturated heterocycles. The zero-order valence-corrected chi connectivity index (χ0v) is 17.9. The van der Waals surface area contributed by atoms with Crippen molar-refractivity contribution in [3.63, 3.8) is 0 Å². The second kappa shape index (κ2) is 9.03. The fraction of sp³-hybridized carbons (Fsp3) is 0.0645. The first-order valence-electron chi connectivity index (χ1n) is 11.0. The molecule has 1 saturated carbocycles. The highest BCUT2D eigenvalue weighted by Gasteiger charge is 2.21. The fourth-order valence-electron chi connectivity index (χ4n) is 4.32. The predicted molar refractivity (Wildman–Crippen MR) is 135 cm³/mol. The maximum Gasteiger partial charge on any atom is 0.185 e. The van der Waals surface area contributed by atoms with E-state index in [0.29, 0.717) is 0 Å². The molecule has 0 bridgehead atoms. The summed E-state index contributed by atoms with van der Waals surface area (Å²) in [5.41, 5.74) is 9.01. The Bertz CT molecular complexity index is 1230. The third-order valence-corrected chi connectivity index (χ3v) is 6.04. The van der Waals surface area contributed by atoms with Crippen LogP contribution in [0.3, 0.4) is 0 Å². The molecule has 0 N–H and O–H groups in total. The zero-order valence-electron chi connectivity index (χ0n) is 17.9. The Morgan fingerprint density at radius 3 is 1.50 bits per heavy atom. The van der Waals surface area contributed by atoms with Crippen molar-refractivity contribution in [3.05, 3.63) is 132 Å². The summed E-state index contributed by atoms with van der Waals surface area (Å²) in [6, 6.07) is 29.3. The van der Waals surface area contributed by atoms with Crippen LogP contribution in [0.1, 0.15) is 24.0 Å². The largest absolute Gasteiger partial charge is 0.289 e. The number of ketones is 1. The van der Waals surface area contributed by atoms with Crippen LogP contribution in [-0.4, -0.2) is 5.78 Å². The average molecular weight is 413 g/mol. The Hall–Kier alpha value is -3.97. The van der Waals surface area contributed by atoms with Gasteiger partial charge in [-0.1, -0.05) is 121 Å². The summed E-state index contributed by atoms with van der Waals surface area (Å²) in [5, 5.41) is 0. The smallest absolute Gasteiger partial charge is 0.185 e. The highest BCUT2D eigenvalue weighted by atomic mass is 16.1. The van der Waals surface area contributed by atoms with Crippen molar-refractivity contribution in [1.82, 2.24) is 0 Å². The summed E-state index contributed by atoms with van der Waals surface area (Å²) in [6.07, 6.45) is 13.7. The molecule has 0 heterocycles. The van der Waals surface area contributed by atoms with Gasteiger partial charge in [0.1, 0.15) is 0 Å². The van der Waals surface area contributed by atoms with E-state index >= 15 is 0 Å². The molecule has 0 aromatic rings. The van der Waals surface area contributed by atoms with Crippen LogP contribution in [0, 0.1) is 0 Å². The van der Waals surface area contributed by atoms with Gasteiger partial charge in [0, 0.05) is 11.1 Å².